The van der Waals surface area contributed by atoms with Crippen LogP contribution in [0.2, 0.25) is 0 Å². The zero-order valence-corrected chi connectivity index (χ0v) is 23.8. The largest absolute Gasteiger partial charge is 1.00 e. The summed E-state index contributed by atoms with van der Waals surface area (Å²) in [6, 6.07) is 8.80. The molecule has 3 N–H and O–H groups in total. The third-order valence-corrected chi connectivity index (χ3v) is 7.97. The Labute approximate surface area is 232 Å². The number of aromatic hydroxyl groups is 1. The molecule has 9 nitrogen and oxygen atoms in total. The van der Waals surface area contributed by atoms with Crippen molar-refractivity contribution in [2.24, 2.45) is 5.84 Å². The second kappa shape index (κ2) is 12.3. The van der Waals surface area contributed by atoms with Crippen molar-refractivity contribution in [2.75, 3.05) is 98.6 Å². The van der Waals surface area contributed by atoms with Crippen LogP contribution >= 0.6 is 0 Å². The van der Waals surface area contributed by atoms with E-state index in [-0.39, 0.29) is 54.5 Å². The van der Waals surface area contributed by atoms with Crippen LogP contribution in [0.15, 0.2) is 30.3 Å². The van der Waals surface area contributed by atoms with Crippen molar-refractivity contribution < 1.29 is 48.5 Å². The fourth-order valence-corrected chi connectivity index (χ4v) is 5.15. The van der Waals surface area contributed by atoms with Gasteiger partial charge in [0.25, 0.3) is 5.91 Å². The lowest BCUT2D eigenvalue weighted by molar-refractivity contribution is -0.905. The Hall–Kier alpha value is -1.98. The highest BCUT2D eigenvalue weighted by molar-refractivity contribution is 6.11. The number of hydrazine groups is 1. The van der Waals surface area contributed by atoms with E-state index in [0.29, 0.717) is 31.8 Å². The van der Waals surface area contributed by atoms with Gasteiger partial charge in [0.1, 0.15) is 18.0 Å². The number of halogens is 2. The topological polar surface area (TPSA) is 90.1 Å². The predicted octanol–water partition coefficient (Wildman–Crippen LogP) is -5.27. The third kappa shape index (κ3) is 6.92. The number of rotatable bonds is 6. The van der Waals surface area contributed by atoms with Gasteiger partial charge >= 0.3 is 0 Å². The van der Waals surface area contributed by atoms with Crippen LogP contribution in [0.4, 0.5) is 5.69 Å². The molecule has 0 saturated carbocycles. The zero-order chi connectivity index (χ0) is 25.4. The van der Waals surface area contributed by atoms with Crippen LogP contribution in [-0.2, 0) is 4.79 Å². The van der Waals surface area contributed by atoms with E-state index in [0.717, 1.165) is 57.4 Å². The molecular weight excluding hydrogens is 515 g/mol. The van der Waals surface area contributed by atoms with Gasteiger partial charge in [0.05, 0.1) is 40.3 Å². The number of carbonyl (C=O) groups excluding carboxylic acids is 2. The monoisotopic (exact) mass is 554 g/mol. The van der Waals surface area contributed by atoms with Crippen LogP contribution in [-0.4, -0.2) is 129 Å². The van der Waals surface area contributed by atoms with E-state index in [1.54, 1.807) is 24.3 Å². The Balaban J connectivity index is 0.00000241. The van der Waals surface area contributed by atoms with E-state index in [4.69, 9.17) is 5.84 Å². The van der Waals surface area contributed by atoms with Crippen LogP contribution in [0.3, 0.4) is 0 Å². The number of piperazine rings is 2. The lowest BCUT2D eigenvalue weighted by Crippen LogP contribution is -3.00. The van der Waals surface area contributed by atoms with E-state index < -0.39 is 0 Å². The highest BCUT2D eigenvalue weighted by Crippen LogP contribution is 2.36. The first-order valence-corrected chi connectivity index (χ1v) is 12.4. The maximum Gasteiger partial charge on any atom is 0.296 e. The lowest BCUT2D eigenvalue weighted by Gasteiger charge is -2.40. The van der Waals surface area contributed by atoms with Crippen molar-refractivity contribution in [3.8, 4) is 5.75 Å². The second-order valence-corrected chi connectivity index (χ2v) is 11.1. The molecule has 2 aromatic rings. The van der Waals surface area contributed by atoms with Crippen LogP contribution in [0.25, 0.3) is 10.8 Å². The Morgan fingerprint density at radius 3 is 1.92 bits per heavy atom. The number of hydrogen-bond acceptors (Lipinski definition) is 6. The van der Waals surface area contributed by atoms with Crippen molar-refractivity contribution >= 4 is 28.2 Å². The van der Waals surface area contributed by atoms with E-state index in [1.165, 1.54) is 0 Å². The summed E-state index contributed by atoms with van der Waals surface area (Å²) in [5.74, 6) is 5.95. The number of nitrogens with two attached hydrogens (primary N) is 1. The van der Waals surface area contributed by atoms with Gasteiger partial charge < -0.3 is 38.9 Å². The Morgan fingerprint density at radius 2 is 1.38 bits per heavy atom. The number of phenolic OH excluding ortho intramolecular Hbond substituents is 1. The van der Waals surface area contributed by atoms with Gasteiger partial charge in [0.2, 0.25) is 5.78 Å². The molecule has 0 unspecified atom stereocenters. The smallest absolute Gasteiger partial charge is 0.296 e. The van der Waals surface area contributed by atoms with Crippen molar-refractivity contribution in [1.29, 1.82) is 0 Å². The number of fused-ring (bicyclic) bond motifs is 1. The molecule has 11 heteroatoms. The fraction of sp³-hybridized carbons (Fsp3) is 0.538. The number of likely N-dealkylation sites (N-methyl/N-ethyl adjacent to an activating group) is 4. The third-order valence-electron chi connectivity index (χ3n) is 7.97. The number of anilines is 1. The number of Topliss-reactive ketones (excluding diaryl/α,β-unsaturated/α-hetero) is 1. The summed E-state index contributed by atoms with van der Waals surface area (Å²) in [5.41, 5.74) is 0.846. The zero-order valence-electron chi connectivity index (χ0n) is 22.3. The number of quaternary nitrogens is 2. The van der Waals surface area contributed by atoms with E-state index in [2.05, 4.69) is 38.0 Å². The first-order valence-electron chi connectivity index (χ1n) is 12.4. The minimum atomic E-state index is -0.244. The van der Waals surface area contributed by atoms with Crippen LogP contribution in [0.1, 0.15) is 10.4 Å². The molecule has 0 aliphatic carbocycles. The van der Waals surface area contributed by atoms with Gasteiger partial charge in [-0.1, -0.05) is 24.3 Å². The molecule has 206 valence electrons. The Bertz CT molecular complexity index is 1110. The maximum absolute atomic E-state index is 13.3. The number of ketones is 1. The minimum Gasteiger partial charge on any atom is -1.00 e. The van der Waals surface area contributed by atoms with E-state index >= 15 is 0 Å². The fourth-order valence-electron chi connectivity index (χ4n) is 5.15. The van der Waals surface area contributed by atoms with Gasteiger partial charge in [-0.05, 0) is 25.5 Å². The molecule has 37 heavy (non-hydrogen) atoms. The molecule has 0 aromatic heterocycles. The first-order chi connectivity index (χ1) is 16.5. The normalized spacial score (nSPS) is 19.5. The van der Waals surface area contributed by atoms with Crippen LogP contribution in [0, 0.1) is 0 Å². The predicted molar refractivity (Wildman–Crippen MR) is 138 cm³/mol. The molecule has 2 aliphatic heterocycles. The number of hydrogen-bond donors (Lipinski definition) is 2. The quantitative estimate of drug-likeness (QED) is 0.122. The van der Waals surface area contributed by atoms with Gasteiger partial charge in [-0.25, -0.2) is 10.9 Å². The molecule has 2 saturated heterocycles. The summed E-state index contributed by atoms with van der Waals surface area (Å²) in [7, 11) is 8.39. The van der Waals surface area contributed by atoms with Gasteiger partial charge in [0, 0.05) is 37.1 Å². The van der Waals surface area contributed by atoms with Gasteiger partial charge in [-0.3, -0.25) is 19.4 Å². The van der Waals surface area contributed by atoms with Gasteiger partial charge in [0.15, 0.2) is 6.54 Å². The van der Waals surface area contributed by atoms with Crippen LogP contribution < -0.4 is 35.7 Å². The highest BCUT2D eigenvalue weighted by Gasteiger charge is 2.33. The second-order valence-electron chi connectivity index (χ2n) is 11.1. The molecular formula is C26H40Cl2N6O3. The summed E-state index contributed by atoms with van der Waals surface area (Å²) in [6.45, 7) is 8.10. The van der Waals surface area contributed by atoms with E-state index in [1.807, 2.05) is 6.07 Å². The molecule has 2 aliphatic rings. The molecule has 1 amide bonds. The summed E-state index contributed by atoms with van der Waals surface area (Å²) >= 11 is 0. The minimum absolute atomic E-state index is 0. The molecule has 0 spiro atoms. The highest BCUT2D eigenvalue weighted by atomic mass is 35.5. The number of phenols is 1. The first kappa shape index (κ1) is 31.2. The molecule has 0 radical (unpaired) electrons. The van der Waals surface area contributed by atoms with Gasteiger partial charge in [-0.2, -0.15) is 0 Å². The number of nitrogens with zero attached hydrogens (tertiary/aromatic N) is 5. The summed E-state index contributed by atoms with van der Waals surface area (Å²) < 4.78 is 1.33. The van der Waals surface area contributed by atoms with Crippen molar-refractivity contribution in [3.05, 3.63) is 35.9 Å². The van der Waals surface area contributed by atoms with E-state index in [9.17, 15) is 14.7 Å². The summed E-state index contributed by atoms with van der Waals surface area (Å²) in [4.78, 5) is 30.9. The van der Waals surface area contributed by atoms with Crippen molar-refractivity contribution in [3.63, 3.8) is 0 Å². The number of benzene rings is 2. The summed E-state index contributed by atoms with van der Waals surface area (Å²) in [5, 5.41) is 13.3. The van der Waals surface area contributed by atoms with Crippen LogP contribution in [0.5, 0.6) is 5.75 Å². The average molecular weight is 556 g/mol. The standard InChI is InChI=1S/C26H39N6O3.2ClH/c1-28-10-14-31(3,15-11-28)18-24(33)21-6-5-7-22-20(21)8-9-23(26(22)35)30(27)25(34)19-32(4)16-12-29(2)13-17-32;;/h5-9H,10-19,27H2,1-4H3;2*1H/q+1;;/p-1. The number of carbonyl (C=O) groups is 2. The maximum atomic E-state index is 13.3. The molecule has 2 fully saturated rings. The lowest BCUT2D eigenvalue weighted by atomic mass is 9.99. The number of amides is 1. The Morgan fingerprint density at radius 1 is 0.865 bits per heavy atom. The molecule has 4 rings (SSSR count). The summed E-state index contributed by atoms with van der Waals surface area (Å²) in [6.07, 6.45) is 0. The SMILES string of the molecule is CN1CC[N+](C)(CC(=O)c2cccc3c(O)c(N(N)C(=O)C[N+]4(C)CCN(C)CC4)ccc23)CC1.[Cl-].[Cl-]. The molecule has 0 bridgehead atoms. The molecule has 2 aromatic carbocycles. The Kier molecular flexibility index (Phi) is 10.3. The molecule has 0 atom stereocenters. The van der Waals surface area contributed by atoms with Gasteiger partial charge in [-0.15, -0.1) is 0 Å². The average Bonchev–Trinajstić information content (AvgIpc) is 2.82. The van der Waals surface area contributed by atoms with Crippen molar-refractivity contribution in [1.82, 2.24) is 9.80 Å². The molecule has 2 heterocycles. The van der Waals surface area contributed by atoms with Crippen molar-refractivity contribution in [2.45, 2.75) is 0 Å².